The summed E-state index contributed by atoms with van der Waals surface area (Å²) in [5.41, 5.74) is 9.09. The summed E-state index contributed by atoms with van der Waals surface area (Å²) < 4.78 is 0. The fourth-order valence-corrected chi connectivity index (χ4v) is 4.00. The Morgan fingerprint density at radius 1 is 0.974 bits per heavy atom. The van der Waals surface area contributed by atoms with Crippen LogP contribution in [0.3, 0.4) is 0 Å². The van der Waals surface area contributed by atoms with Crippen LogP contribution in [0.25, 0.3) is 22.3 Å². The van der Waals surface area contributed by atoms with E-state index in [4.69, 9.17) is 10.8 Å². The molecule has 0 bridgehead atoms. The molecule has 0 radical (unpaired) electrons. The lowest BCUT2D eigenvalue weighted by Gasteiger charge is -2.26. The van der Waals surface area contributed by atoms with E-state index in [1.807, 2.05) is 24.3 Å². The predicted octanol–water partition coefficient (Wildman–Crippen LogP) is 0.298. The highest BCUT2D eigenvalue weighted by Gasteiger charge is 2.14. The van der Waals surface area contributed by atoms with E-state index < -0.39 is 12.0 Å². The molecule has 4 heterocycles. The maximum atomic E-state index is 12.2. The summed E-state index contributed by atoms with van der Waals surface area (Å²) >= 11 is 0. The molecule has 0 aliphatic carbocycles. The Kier molecular flexibility index (Phi) is 7.08. The molecule has 0 aliphatic rings. The first kappa shape index (κ1) is 24.6. The van der Waals surface area contributed by atoms with Gasteiger partial charge in [0.15, 0.2) is 22.6 Å². The number of nitrogens with zero attached hydrogens (tertiary/aromatic N) is 6. The van der Waals surface area contributed by atoms with Crippen molar-refractivity contribution in [2.45, 2.75) is 12.5 Å². The lowest BCUT2D eigenvalue weighted by Crippen LogP contribution is -2.34. The summed E-state index contributed by atoms with van der Waals surface area (Å²) in [4.78, 5) is 54.9. The molecule has 4 aromatic heterocycles. The van der Waals surface area contributed by atoms with E-state index in [2.05, 4.69) is 55.4 Å². The Labute approximate surface area is 215 Å². The van der Waals surface area contributed by atoms with E-state index >= 15 is 0 Å². The van der Waals surface area contributed by atoms with Crippen molar-refractivity contribution in [3.05, 3.63) is 59.2 Å². The van der Waals surface area contributed by atoms with Crippen LogP contribution in [0.1, 0.15) is 5.56 Å². The van der Waals surface area contributed by atoms with Crippen LogP contribution in [0.5, 0.6) is 0 Å². The van der Waals surface area contributed by atoms with Gasteiger partial charge in [0.2, 0.25) is 5.95 Å². The van der Waals surface area contributed by atoms with Gasteiger partial charge in [-0.25, -0.2) is 19.9 Å². The van der Waals surface area contributed by atoms with Crippen molar-refractivity contribution in [2.24, 2.45) is 5.73 Å². The van der Waals surface area contributed by atoms with E-state index in [-0.39, 0.29) is 12.0 Å². The molecule has 38 heavy (non-hydrogen) atoms. The predicted molar refractivity (Wildman–Crippen MR) is 141 cm³/mol. The fraction of sp³-hybridized carbons (Fsp3) is 0.261. The number of carboxylic acid groups (broad SMARTS) is 1. The number of nitrogens with two attached hydrogens (primary N) is 1. The number of hydrogen-bond donors (Lipinski definition) is 7. The quantitative estimate of drug-likeness (QED) is 0.118. The standard InChI is InChI=1S/C23H26N12O3/c24-15(22(37)38)9-13-1-3-14(4-2-13)35(7-5-25-18-16-19(29-10-27-16)31-12-30-18)8-6-26-23-33-20-17(21(36)34-23)28-11-32-20/h1-4,10-12,15H,5-9,24H2,(H,37,38)(H2,25,27,29,30,31)(H3,26,28,32,33,34,36)/t15-/m0/s1. The van der Waals surface area contributed by atoms with E-state index in [1.165, 1.54) is 12.7 Å². The third-order valence-corrected chi connectivity index (χ3v) is 5.94. The summed E-state index contributed by atoms with van der Waals surface area (Å²) in [6.45, 7) is 2.22. The SMILES string of the molecule is N[C@@H](Cc1ccc(N(CCNc2nc3nc[nH]c3c(=O)[nH]2)CCNc2ncnc3nc[nH]c23)cc1)C(=O)O. The number of nitrogens with one attached hydrogen (secondary N) is 5. The molecular weight excluding hydrogens is 492 g/mol. The molecule has 0 aliphatic heterocycles. The first-order valence-electron chi connectivity index (χ1n) is 11.9. The Morgan fingerprint density at radius 3 is 2.45 bits per heavy atom. The molecular formula is C23H26N12O3. The van der Waals surface area contributed by atoms with Crippen molar-refractivity contribution in [2.75, 3.05) is 41.7 Å². The second kappa shape index (κ2) is 10.9. The molecule has 5 aromatic rings. The van der Waals surface area contributed by atoms with Crippen molar-refractivity contribution in [1.82, 2.24) is 39.9 Å². The van der Waals surface area contributed by atoms with E-state index in [0.717, 1.165) is 16.8 Å². The summed E-state index contributed by atoms with van der Waals surface area (Å²) in [6.07, 6.45) is 4.69. The Bertz CT molecular complexity index is 1590. The van der Waals surface area contributed by atoms with Crippen LogP contribution >= 0.6 is 0 Å². The number of H-pyrrole nitrogens is 3. The zero-order valence-corrected chi connectivity index (χ0v) is 20.2. The zero-order chi connectivity index (χ0) is 26.5. The van der Waals surface area contributed by atoms with Gasteiger partial charge in [0.1, 0.15) is 17.9 Å². The maximum Gasteiger partial charge on any atom is 0.320 e. The monoisotopic (exact) mass is 518 g/mol. The molecule has 8 N–H and O–H groups in total. The van der Waals surface area contributed by atoms with Gasteiger partial charge in [0.25, 0.3) is 5.56 Å². The highest BCUT2D eigenvalue weighted by Crippen LogP contribution is 2.18. The maximum absolute atomic E-state index is 12.2. The lowest BCUT2D eigenvalue weighted by atomic mass is 10.1. The second-order valence-corrected chi connectivity index (χ2v) is 8.50. The average Bonchev–Trinajstić information content (AvgIpc) is 3.59. The molecule has 1 atom stereocenters. The van der Waals surface area contributed by atoms with Gasteiger partial charge in [-0.05, 0) is 24.1 Å². The summed E-state index contributed by atoms with van der Waals surface area (Å²) in [5.74, 6) is -0.0606. The Hall–Kier alpha value is -5.05. The molecule has 1 aromatic carbocycles. The average molecular weight is 519 g/mol. The summed E-state index contributed by atoms with van der Waals surface area (Å²) in [6, 6.07) is 6.64. The number of rotatable bonds is 12. The third-order valence-electron chi connectivity index (χ3n) is 5.94. The van der Waals surface area contributed by atoms with Crippen LogP contribution < -0.4 is 26.8 Å². The number of aliphatic carboxylic acids is 1. The molecule has 196 valence electrons. The zero-order valence-electron chi connectivity index (χ0n) is 20.2. The number of fused-ring (bicyclic) bond motifs is 2. The molecule has 0 amide bonds. The molecule has 0 saturated carbocycles. The number of carboxylic acids is 1. The number of carbonyl (C=O) groups is 1. The summed E-state index contributed by atoms with van der Waals surface area (Å²) in [7, 11) is 0. The minimum absolute atomic E-state index is 0.237. The minimum Gasteiger partial charge on any atom is -0.480 e. The summed E-state index contributed by atoms with van der Waals surface area (Å²) in [5, 5.41) is 15.6. The normalized spacial score (nSPS) is 12.0. The fourth-order valence-electron chi connectivity index (χ4n) is 4.00. The number of aromatic amines is 3. The third kappa shape index (κ3) is 5.52. The Balaban J connectivity index is 1.27. The number of imidazole rings is 2. The van der Waals surface area contributed by atoms with Crippen LogP contribution in [0.2, 0.25) is 0 Å². The Morgan fingerprint density at radius 2 is 1.68 bits per heavy atom. The second-order valence-electron chi connectivity index (χ2n) is 8.50. The molecule has 0 fully saturated rings. The molecule has 0 saturated heterocycles. The minimum atomic E-state index is -1.04. The van der Waals surface area contributed by atoms with E-state index in [0.29, 0.717) is 54.8 Å². The highest BCUT2D eigenvalue weighted by atomic mass is 16.4. The van der Waals surface area contributed by atoms with Gasteiger partial charge in [-0.2, -0.15) is 4.98 Å². The molecule has 5 rings (SSSR count). The first-order valence-corrected chi connectivity index (χ1v) is 11.9. The van der Waals surface area contributed by atoms with Crippen LogP contribution in [0.4, 0.5) is 17.5 Å². The van der Waals surface area contributed by atoms with Crippen LogP contribution in [0.15, 0.2) is 48.0 Å². The smallest absolute Gasteiger partial charge is 0.320 e. The van der Waals surface area contributed by atoms with Gasteiger partial charge in [-0.15, -0.1) is 0 Å². The van der Waals surface area contributed by atoms with Gasteiger partial charge >= 0.3 is 5.97 Å². The van der Waals surface area contributed by atoms with Crippen molar-refractivity contribution < 1.29 is 9.90 Å². The van der Waals surface area contributed by atoms with Gasteiger partial charge in [-0.1, -0.05) is 12.1 Å². The van der Waals surface area contributed by atoms with Crippen LogP contribution in [-0.2, 0) is 11.2 Å². The van der Waals surface area contributed by atoms with Crippen molar-refractivity contribution in [3.63, 3.8) is 0 Å². The van der Waals surface area contributed by atoms with Gasteiger partial charge in [0.05, 0.1) is 12.7 Å². The number of hydrogen-bond acceptors (Lipinski definition) is 11. The molecule has 0 unspecified atom stereocenters. The number of benzene rings is 1. The molecule has 15 heteroatoms. The van der Waals surface area contributed by atoms with Crippen LogP contribution in [-0.4, -0.2) is 83.2 Å². The first-order chi connectivity index (χ1) is 18.5. The molecule has 0 spiro atoms. The molecule has 15 nitrogen and oxygen atoms in total. The van der Waals surface area contributed by atoms with Crippen LogP contribution in [0, 0.1) is 0 Å². The lowest BCUT2D eigenvalue weighted by molar-refractivity contribution is -0.138. The number of aromatic nitrogens is 8. The van der Waals surface area contributed by atoms with Gasteiger partial charge in [-0.3, -0.25) is 14.6 Å². The van der Waals surface area contributed by atoms with E-state index in [9.17, 15) is 9.59 Å². The number of anilines is 3. The van der Waals surface area contributed by atoms with Gasteiger partial charge in [0, 0.05) is 31.9 Å². The topological polar surface area (TPSA) is 220 Å². The van der Waals surface area contributed by atoms with Gasteiger partial charge < -0.3 is 36.3 Å². The largest absolute Gasteiger partial charge is 0.480 e. The van der Waals surface area contributed by atoms with E-state index in [1.54, 1.807) is 6.33 Å². The van der Waals surface area contributed by atoms with Crippen molar-refractivity contribution in [3.8, 4) is 0 Å². The van der Waals surface area contributed by atoms with Crippen molar-refractivity contribution in [1.29, 1.82) is 0 Å². The highest BCUT2D eigenvalue weighted by molar-refractivity contribution is 5.81. The van der Waals surface area contributed by atoms with Crippen molar-refractivity contribution >= 4 is 45.8 Å².